The molecule has 7 heteroatoms. The number of nitrogens with one attached hydrogen (secondary N) is 2. The van der Waals surface area contributed by atoms with E-state index in [1.165, 1.54) is 0 Å². The second kappa shape index (κ2) is 9.77. The first-order chi connectivity index (χ1) is 13.6. The lowest BCUT2D eigenvalue weighted by molar-refractivity contribution is -0.123. The number of rotatable bonds is 6. The third-order valence-electron chi connectivity index (χ3n) is 4.42. The van der Waals surface area contributed by atoms with Gasteiger partial charge in [0.25, 0.3) is 11.8 Å². The van der Waals surface area contributed by atoms with E-state index < -0.39 is 0 Å². The molecule has 0 radical (unpaired) electrons. The number of amides is 2. The second-order valence-electron chi connectivity index (χ2n) is 6.52. The number of carbonyl (C=O) groups excluding carboxylic acids is 2. The summed E-state index contributed by atoms with van der Waals surface area (Å²) in [5, 5.41) is 7.03. The van der Waals surface area contributed by atoms with Gasteiger partial charge in [0.05, 0.1) is 25.5 Å². The van der Waals surface area contributed by atoms with E-state index >= 15 is 0 Å². The molecule has 0 aliphatic carbocycles. The van der Waals surface area contributed by atoms with Gasteiger partial charge >= 0.3 is 0 Å². The minimum Gasteiger partial charge on any atom is -0.379 e. The van der Waals surface area contributed by atoms with Gasteiger partial charge in [-0.15, -0.1) is 0 Å². The maximum atomic E-state index is 12.2. The molecule has 0 atom stereocenters. The van der Waals surface area contributed by atoms with Gasteiger partial charge in [-0.05, 0) is 36.8 Å². The number of morpholine rings is 1. The number of benzene rings is 2. The van der Waals surface area contributed by atoms with E-state index in [0.717, 1.165) is 18.7 Å². The summed E-state index contributed by atoms with van der Waals surface area (Å²) in [6.07, 6.45) is 0. The van der Waals surface area contributed by atoms with Crippen molar-refractivity contribution in [2.24, 2.45) is 5.10 Å². The van der Waals surface area contributed by atoms with Gasteiger partial charge in [-0.2, -0.15) is 5.10 Å². The van der Waals surface area contributed by atoms with Gasteiger partial charge in [-0.1, -0.05) is 30.3 Å². The summed E-state index contributed by atoms with van der Waals surface area (Å²) < 4.78 is 5.27. The van der Waals surface area contributed by atoms with Crippen molar-refractivity contribution in [3.8, 4) is 0 Å². The summed E-state index contributed by atoms with van der Waals surface area (Å²) in [6, 6.07) is 16.4. The maximum Gasteiger partial charge on any atom is 0.255 e. The maximum absolute atomic E-state index is 12.2. The van der Waals surface area contributed by atoms with Gasteiger partial charge < -0.3 is 10.1 Å². The first-order valence-electron chi connectivity index (χ1n) is 9.22. The largest absolute Gasteiger partial charge is 0.379 e. The Morgan fingerprint density at radius 3 is 2.36 bits per heavy atom. The third kappa shape index (κ3) is 5.73. The van der Waals surface area contributed by atoms with E-state index in [2.05, 4.69) is 15.8 Å². The molecule has 0 saturated carbocycles. The predicted molar refractivity (Wildman–Crippen MR) is 108 cm³/mol. The van der Waals surface area contributed by atoms with Gasteiger partial charge in [0.15, 0.2) is 0 Å². The van der Waals surface area contributed by atoms with Crippen LogP contribution in [0.5, 0.6) is 0 Å². The Bertz CT molecular complexity index is 828. The second-order valence-corrected chi connectivity index (χ2v) is 6.52. The van der Waals surface area contributed by atoms with Crippen LogP contribution in [-0.4, -0.2) is 55.3 Å². The number of nitrogens with zero attached hydrogens (tertiary/aromatic N) is 2. The van der Waals surface area contributed by atoms with Gasteiger partial charge in [0.2, 0.25) is 0 Å². The molecule has 1 aliphatic heterocycles. The van der Waals surface area contributed by atoms with Gasteiger partial charge in [-0.3, -0.25) is 14.5 Å². The van der Waals surface area contributed by atoms with Crippen LogP contribution in [0.3, 0.4) is 0 Å². The lowest BCUT2D eigenvalue weighted by Gasteiger charge is -2.25. The molecule has 28 heavy (non-hydrogen) atoms. The van der Waals surface area contributed by atoms with E-state index in [-0.39, 0.29) is 11.8 Å². The fourth-order valence-corrected chi connectivity index (χ4v) is 2.80. The predicted octanol–water partition coefficient (Wildman–Crippen LogP) is 2.11. The van der Waals surface area contributed by atoms with E-state index in [1.807, 2.05) is 54.3 Å². The Labute approximate surface area is 164 Å². The van der Waals surface area contributed by atoms with Crippen molar-refractivity contribution in [1.82, 2.24) is 10.3 Å². The molecule has 146 valence electrons. The summed E-state index contributed by atoms with van der Waals surface area (Å²) in [6.45, 7) is 4.96. The van der Waals surface area contributed by atoms with E-state index in [4.69, 9.17) is 4.74 Å². The molecule has 2 aromatic rings. The lowest BCUT2D eigenvalue weighted by atomic mass is 10.1. The monoisotopic (exact) mass is 380 g/mol. The number of hydrazone groups is 1. The number of anilines is 1. The van der Waals surface area contributed by atoms with Crippen LogP contribution in [0.1, 0.15) is 22.8 Å². The average Bonchev–Trinajstić information content (AvgIpc) is 2.74. The Balaban J connectivity index is 1.52. The molecule has 0 spiro atoms. The van der Waals surface area contributed by atoms with Crippen molar-refractivity contribution in [3.63, 3.8) is 0 Å². The zero-order valence-electron chi connectivity index (χ0n) is 15.9. The van der Waals surface area contributed by atoms with Crippen LogP contribution in [0.4, 0.5) is 5.69 Å². The molecular formula is C21H24N4O3. The summed E-state index contributed by atoms with van der Waals surface area (Å²) in [7, 11) is 0. The van der Waals surface area contributed by atoms with Crippen LogP contribution in [0.15, 0.2) is 59.7 Å². The minimum absolute atomic E-state index is 0.145. The molecular weight excluding hydrogens is 356 g/mol. The molecule has 0 aromatic heterocycles. The third-order valence-corrected chi connectivity index (χ3v) is 4.42. The van der Waals surface area contributed by atoms with E-state index in [9.17, 15) is 9.59 Å². The lowest BCUT2D eigenvalue weighted by Crippen LogP contribution is -2.42. The number of hydrogen-bond acceptors (Lipinski definition) is 5. The van der Waals surface area contributed by atoms with Crippen molar-refractivity contribution < 1.29 is 14.3 Å². The normalized spacial score (nSPS) is 15.1. The molecule has 7 nitrogen and oxygen atoms in total. The SMILES string of the molecule is C/C(=N/NC(=O)CN1CCOCC1)c1ccc(NC(=O)c2ccccc2)cc1. The Morgan fingerprint density at radius 2 is 1.68 bits per heavy atom. The Hall–Kier alpha value is -3.03. The van der Waals surface area contributed by atoms with Crippen molar-refractivity contribution in [1.29, 1.82) is 0 Å². The molecule has 2 N–H and O–H groups in total. The van der Waals surface area contributed by atoms with Crippen LogP contribution in [0, 0.1) is 0 Å². The number of ether oxygens (including phenoxy) is 1. The summed E-state index contributed by atoms with van der Waals surface area (Å²) in [4.78, 5) is 26.2. The smallest absolute Gasteiger partial charge is 0.255 e. The molecule has 1 fully saturated rings. The molecule has 0 bridgehead atoms. The summed E-state index contributed by atoms with van der Waals surface area (Å²) in [5.41, 5.74) is 5.45. The van der Waals surface area contributed by atoms with Crippen molar-refractivity contribution in [2.45, 2.75) is 6.92 Å². The highest BCUT2D eigenvalue weighted by Crippen LogP contribution is 2.12. The zero-order chi connectivity index (χ0) is 19.8. The van der Waals surface area contributed by atoms with Crippen LogP contribution in [-0.2, 0) is 9.53 Å². The van der Waals surface area contributed by atoms with E-state index in [0.29, 0.717) is 36.7 Å². The Kier molecular flexibility index (Phi) is 6.89. The van der Waals surface area contributed by atoms with Crippen LogP contribution in [0.2, 0.25) is 0 Å². The van der Waals surface area contributed by atoms with Gasteiger partial charge in [0.1, 0.15) is 0 Å². The summed E-state index contributed by atoms with van der Waals surface area (Å²) >= 11 is 0. The molecule has 2 aromatic carbocycles. The topological polar surface area (TPSA) is 83.0 Å². The number of hydrogen-bond donors (Lipinski definition) is 2. The highest BCUT2D eigenvalue weighted by Gasteiger charge is 2.13. The number of carbonyl (C=O) groups is 2. The van der Waals surface area contributed by atoms with Crippen LogP contribution >= 0.6 is 0 Å². The molecule has 3 rings (SSSR count). The van der Waals surface area contributed by atoms with Gasteiger partial charge in [-0.25, -0.2) is 5.43 Å². The van der Waals surface area contributed by atoms with Gasteiger partial charge in [0, 0.05) is 24.3 Å². The van der Waals surface area contributed by atoms with Crippen molar-refractivity contribution in [3.05, 3.63) is 65.7 Å². The quantitative estimate of drug-likeness (QED) is 0.594. The molecule has 1 aliphatic rings. The van der Waals surface area contributed by atoms with E-state index in [1.54, 1.807) is 12.1 Å². The van der Waals surface area contributed by atoms with Crippen molar-refractivity contribution in [2.75, 3.05) is 38.2 Å². The molecule has 1 heterocycles. The van der Waals surface area contributed by atoms with Crippen molar-refractivity contribution >= 4 is 23.2 Å². The average molecular weight is 380 g/mol. The van der Waals surface area contributed by atoms with Crippen LogP contribution < -0.4 is 10.7 Å². The minimum atomic E-state index is -0.158. The molecule has 2 amide bonds. The van der Waals surface area contributed by atoms with Crippen LogP contribution in [0.25, 0.3) is 0 Å². The molecule has 1 saturated heterocycles. The highest BCUT2D eigenvalue weighted by molar-refractivity contribution is 6.05. The Morgan fingerprint density at radius 1 is 1.00 bits per heavy atom. The fourth-order valence-electron chi connectivity index (χ4n) is 2.80. The summed E-state index contributed by atoms with van der Waals surface area (Å²) in [5.74, 6) is -0.304. The standard InChI is InChI=1S/C21H24N4O3/c1-16(23-24-20(26)15-25-11-13-28-14-12-25)17-7-9-19(10-8-17)22-21(27)18-5-3-2-4-6-18/h2-10H,11-15H2,1H3,(H,22,27)(H,24,26)/b23-16-. The zero-order valence-corrected chi connectivity index (χ0v) is 15.9. The fraction of sp³-hybridized carbons (Fsp3) is 0.286. The highest BCUT2D eigenvalue weighted by atomic mass is 16.5. The molecule has 0 unspecified atom stereocenters. The first kappa shape index (κ1) is 19.7. The first-order valence-corrected chi connectivity index (χ1v) is 9.22.